The second-order valence-electron chi connectivity index (χ2n) is 25.3. The normalized spacial score (nSPS) is 28.6. The van der Waals surface area contributed by atoms with E-state index in [1.54, 1.807) is 6.08 Å². The molecule has 3 saturated heterocycles. The molecule has 3 fully saturated rings. The van der Waals surface area contributed by atoms with Crippen LogP contribution >= 0.6 is 0 Å². The summed E-state index contributed by atoms with van der Waals surface area (Å²) in [6.45, 7) is 1.70. The number of nitrogens with one attached hydrogen (secondary N) is 1. The maximum Gasteiger partial charge on any atom is 0.220 e. The van der Waals surface area contributed by atoms with E-state index in [2.05, 4.69) is 43.5 Å². The Bertz CT molecular complexity index is 1740. The van der Waals surface area contributed by atoms with Crippen LogP contribution in [-0.4, -0.2) is 193 Å². The standard InChI is InChI=1S/C69H127NO18/c1-3-5-7-9-11-13-15-16-17-18-19-20-21-22-23-24-25-26-27-28-29-30-31-32-33-34-35-36-37-39-41-43-45-47-57(75)70-52(53(74)46-44-42-40-38-14-12-10-8-6-4-2)51-83-67-63(81)60(78)65(55(49-72)85-67)88-69-64(82)61(79)66(56(50-73)86-69)87-68-62(80)59(77)58(76)54(48-71)84-68/h15-16,18-19,44,46,52-56,58-69,71-74,76-82H,3-14,17,20-43,45,47-51H2,1-2H3,(H,70,75)/b16-15-,19-18-,46-44+. The Hall–Kier alpha value is -1.99. The van der Waals surface area contributed by atoms with Gasteiger partial charge in [-0.15, -0.1) is 0 Å². The summed E-state index contributed by atoms with van der Waals surface area (Å²) in [5.41, 5.74) is 0. The Morgan fingerprint density at radius 2 is 0.750 bits per heavy atom. The Labute approximate surface area is 530 Å². The molecule has 3 rings (SSSR count). The highest BCUT2D eigenvalue weighted by atomic mass is 16.8. The first-order chi connectivity index (χ1) is 42.8. The summed E-state index contributed by atoms with van der Waals surface area (Å²) in [6.07, 6.45) is 33.1. The molecule has 0 aromatic rings. The smallest absolute Gasteiger partial charge is 0.220 e. The fourth-order valence-corrected chi connectivity index (χ4v) is 11.9. The van der Waals surface area contributed by atoms with Crippen molar-refractivity contribution >= 4 is 5.91 Å². The largest absolute Gasteiger partial charge is 0.394 e. The first-order valence-electron chi connectivity index (χ1n) is 35.2. The number of carbonyl (C=O) groups excluding carboxylic acids is 1. The molecule has 88 heavy (non-hydrogen) atoms. The van der Waals surface area contributed by atoms with Gasteiger partial charge in [-0.3, -0.25) is 4.79 Å². The van der Waals surface area contributed by atoms with E-state index < -0.39 is 124 Å². The molecular formula is C69H127NO18. The second-order valence-corrected chi connectivity index (χ2v) is 25.3. The van der Waals surface area contributed by atoms with Crippen LogP contribution in [0.5, 0.6) is 0 Å². The number of unbranched alkanes of at least 4 members (excludes halogenated alkanes) is 34. The van der Waals surface area contributed by atoms with Crippen LogP contribution in [0.15, 0.2) is 36.5 Å². The van der Waals surface area contributed by atoms with Crippen molar-refractivity contribution < 1.29 is 89.4 Å². The van der Waals surface area contributed by atoms with Crippen molar-refractivity contribution in [1.29, 1.82) is 0 Å². The van der Waals surface area contributed by atoms with Gasteiger partial charge in [-0.05, 0) is 51.4 Å². The van der Waals surface area contributed by atoms with Crippen molar-refractivity contribution in [3.63, 3.8) is 0 Å². The van der Waals surface area contributed by atoms with E-state index in [0.29, 0.717) is 6.42 Å². The number of amides is 1. The van der Waals surface area contributed by atoms with Crippen molar-refractivity contribution in [1.82, 2.24) is 5.32 Å². The van der Waals surface area contributed by atoms with E-state index in [4.69, 9.17) is 28.4 Å². The average molecular weight is 1260 g/mol. The van der Waals surface area contributed by atoms with Gasteiger partial charge < -0.3 is 89.9 Å². The Morgan fingerprint density at radius 3 is 1.16 bits per heavy atom. The molecule has 3 heterocycles. The molecule has 1 amide bonds. The van der Waals surface area contributed by atoms with Crippen molar-refractivity contribution in [3.05, 3.63) is 36.5 Å². The van der Waals surface area contributed by atoms with E-state index in [1.807, 2.05) is 6.08 Å². The third-order valence-corrected chi connectivity index (χ3v) is 17.7. The van der Waals surface area contributed by atoms with Crippen LogP contribution < -0.4 is 5.32 Å². The molecular weight excluding hydrogens is 1130 g/mol. The molecule has 0 aliphatic carbocycles. The minimum atomic E-state index is -1.98. The van der Waals surface area contributed by atoms with Crippen LogP contribution in [0.2, 0.25) is 0 Å². The van der Waals surface area contributed by atoms with Crippen LogP contribution in [0.1, 0.15) is 264 Å². The van der Waals surface area contributed by atoms with Crippen molar-refractivity contribution in [2.24, 2.45) is 0 Å². The molecule has 0 aromatic heterocycles. The second kappa shape index (κ2) is 51.4. The van der Waals surface area contributed by atoms with Gasteiger partial charge in [0.05, 0.1) is 38.6 Å². The highest BCUT2D eigenvalue weighted by Gasteiger charge is 2.53. The lowest BCUT2D eigenvalue weighted by Crippen LogP contribution is -2.66. The van der Waals surface area contributed by atoms with Gasteiger partial charge in [-0.1, -0.05) is 243 Å². The zero-order valence-electron chi connectivity index (χ0n) is 54.5. The summed E-state index contributed by atoms with van der Waals surface area (Å²) in [6, 6.07) is -0.969. The number of ether oxygens (including phenoxy) is 6. The van der Waals surface area contributed by atoms with Crippen LogP contribution in [0.25, 0.3) is 0 Å². The van der Waals surface area contributed by atoms with Crippen molar-refractivity contribution in [3.8, 4) is 0 Å². The molecule has 17 atom stereocenters. The Morgan fingerprint density at radius 1 is 0.409 bits per heavy atom. The summed E-state index contributed by atoms with van der Waals surface area (Å²) in [4.78, 5) is 13.4. The van der Waals surface area contributed by atoms with Crippen LogP contribution in [0.4, 0.5) is 0 Å². The third-order valence-electron chi connectivity index (χ3n) is 17.7. The van der Waals surface area contributed by atoms with Crippen molar-refractivity contribution in [2.45, 2.75) is 369 Å². The number of carbonyl (C=O) groups is 1. The molecule has 516 valence electrons. The molecule has 0 saturated carbocycles. The zero-order chi connectivity index (χ0) is 64.0. The Balaban J connectivity index is 1.32. The molecule has 0 radical (unpaired) electrons. The molecule has 19 heteroatoms. The van der Waals surface area contributed by atoms with E-state index in [-0.39, 0.29) is 18.9 Å². The number of rotatable bonds is 54. The molecule has 19 nitrogen and oxygen atoms in total. The van der Waals surface area contributed by atoms with Gasteiger partial charge in [0.25, 0.3) is 0 Å². The van der Waals surface area contributed by atoms with Gasteiger partial charge in [0.2, 0.25) is 5.91 Å². The number of aliphatic hydroxyl groups excluding tert-OH is 11. The quantitative estimate of drug-likeness (QED) is 0.0199. The average Bonchev–Trinajstić information content (AvgIpc) is 1.83. The number of hydrogen-bond acceptors (Lipinski definition) is 18. The van der Waals surface area contributed by atoms with Gasteiger partial charge in [-0.2, -0.15) is 0 Å². The lowest BCUT2D eigenvalue weighted by Gasteiger charge is -2.48. The topological polar surface area (TPSA) is 307 Å². The summed E-state index contributed by atoms with van der Waals surface area (Å²) < 4.78 is 34.3. The molecule has 3 aliphatic heterocycles. The molecule has 0 bridgehead atoms. The van der Waals surface area contributed by atoms with E-state index >= 15 is 0 Å². The number of aliphatic hydroxyl groups is 11. The summed E-state index contributed by atoms with van der Waals surface area (Å²) in [5.74, 6) is -0.274. The van der Waals surface area contributed by atoms with Gasteiger partial charge in [0.15, 0.2) is 18.9 Å². The highest BCUT2D eigenvalue weighted by Crippen LogP contribution is 2.33. The van der Waals surface area contributed by atoms with Crippen LogP contribution in [0.3, 0.4) is 0 Å². The van der Waals surface area contributed by atoms with Gasteiger partial charge in [0.1, 0.15) is 73.2 Å². The summed E-state index contributed by atoms with van der Waals surface area (Å²) in [7, 11) is 0. The lowest BCUT2D eigenvalue weighted by molar-refractivity contribution is -0.379. The fourth-order valence-electron chi connectivity index (χ4n) is 11.9. The summed E-state index contributed by atoms with van der Waals surface area (Å²) in [5, 5.41) is 120. The molecule has 17 unspecified atom stereocenters. The predicted octanol–water partition coefficient (Wildman–Crippen LogP) is 9.22. The lowest BCUT2D eigenvalue weighted by atomic mass is 9.96. The number of allylic oxidation sites excluding steroid dienone is 5. The van der Waals surface area contributed by atoms with E-state index in [9.17, 15) is 61.0 Å². The highest BCUT2D eigenvalue weighted by molar-refractivity contribution is 5.76. The third kappa shape index (κ3) is 33.2. The van der Waals surface area contributed by atoms with Gasteiger partial charge in [0, 0.05) is 6.42 Å². The Kier molecular flexibility index (Phi) is 46.9. The van der Waals surface area contributed by atoms with E-state index in [1.165, 1.54) is 186 Å². The molecule has 12 N–H and O–H groups in total. The molecule has 0 aromatic carbocycles. The minimum Gasteiger partial charge on any atom is -0.394 e. The first kappa shape index (κ1) is 80.2. The first-order valence-corrected chi connectivity index (χ1v) is 35.2. The monoisotopic (exact) mass is 1260 g/mol. The fraction of sp³-hybridized carbons (Fsp3) is 0.899. The maximum atomic E-state index is 13.4. The SMILES string of the molecule is CCCCCCC/C=C\C/C=C\CCCCCCCCCCCCCCCCCCCCCCCC(=O)NC(COC1OC(CO)C(OC2OC(CO)C(OC3OC(CO)C(O)C(O)C3O)C(O)C2O)C(O)C1O)C(O)/C=C/CCCCCCCCCC. The van der Waals surface area contributed by atoms with Gasteiger partial charge >= 0.3 is 0 Å². The van der Waals surface area contributed by atoms with Crippen LogP contribution in [0, 0.1) is 0 Å². The molecule has 0 spiro atoms. The predicted molar refractivity (Wildman–Crippen MR) is 342 cm³/mol. The van der Waals surface area contributed by atoms with E-state index in [0.717, 1.165) is 51.4 Å². The zero-order valence-corrected chi connectivity index (χ0v) is 54.5. The minimum absolute atomic E-state index is 0.246. The van der Waals surface area contributed by atoms with Crippen molar-refractivity contribution in [2.75, 3.05) is 26.4 Å². The maximum absolute atomic E-state index is 13.4. The van der Waals surface area contributed by atoms with Gasteiger partial charge in [-0.25, -0.2) is 0 Å². The number of hydrogen-bond donors (Lipinski definition) is 12. The van der Waals surface area contributed by atoms with Crippen LogP contribution in [-0.2, 0) is 33.2 Å². The molecule has 3 aliphatic rings. The summed E-state index contributed by atoms with van der Waals surface area (Å²) >= 11 is 0.